The van der Waals surface area contributed by atoms with Crippen molar-refractivity contribution in [2.75, 3.05) is 13.2 Å². The van der Waals surface area contributed by atoms with Gasteiger partial charge in [-0.15, -0.1) is 11.3 Å². The van der Waals surface area contributed by atoms with E-state index < -0.39 is 0 Å². The topological polar surface area (TPSA) is 74.2 Å². The Kier molecular flexibility index (Phi) is 3.47. The first-order valence-corrected chi connectivity index (χ1v) is 7.27. The second-order valence-corrected chi connectivity index (χ2v) is 6.66. The summed E-state index contributed by atoms with van der Waals surface area (Å²) in [6, 6.07) is 3.95. The van der Waals surface area contributed by atoms with E-state index in [4.69, 9.17) is 15.0 Å². The van der Waals surface area contributed by atoms with Gasteiger partial charge in [0.05, 0.1) is 21.2 Å². The number of ether oxygens (including phenoxy) is 1. The number of aromatic nitrogens is 2. The van der Waals surface area contributed by atoms with Crippen molar-refractivity contribution >= 4 is 27.3 Å². The summed E-state index contributed by atoms with van der Waals surface area (Å²) < 4.78 is 11.8. The van der Waals surface area contributed by atoms with Gasteiger partial charge in [0, 0.05) is 12.6 Å². The van der Waals surface area contributed by atoms with Crippen LogP contribution in [0.3, 0.4) is 0 Å². The second kappa shape index (κ2) is 5.08. The maximum absolute atomic E-state index is 6.05. The maximum Gasteiger partial charge on any atom is 0.234 e. The Labute approximate surface area is 116 Å². The van der Waals surface area contributed by atoms with Crippen LogP contribution < -0.4 is 5.73 Å². The first-order chi connectivity index (χ1) is 8.74. The Morgan fingerprint density at radius 2 is 2.33 bits per heavy atom. The molecule has 96 valence electrons. The van der Waals surface area contributed by atoms with Gasteiger partial charge in [0.1, 0.15) is 0 Å². The van der Waals surface area contributed by atoms with Gasteiger partial charge in [-0.1, -0.05) is 5.16 Å². The molecule has 2 aromatic heterocycles. The molecule has 1 aliphatic heterocycles. The van der Waals surface area contributed by atoms with Crippen LogP contribution in [-0.4, -0.2) is 29.4 Å². The molecule has 0 amide bonds. The lowest BCUT2D eigenvalue weighted by atomic mass is 9.97. The third kappa shape index (κ3) is 2.35. The van der Waals surface area contributed by atoms with Crippen LogP contribution in [0.25, 0.3) is 10.7 Å². The van der Waals surface area contributed by atoms with Gasteiger partial charge in [-0.05, 0) is 34.5 Å². The Hall–Kier alpha value is -0.760. The van der Waals surface area contributed by atoms with Crippen LogP contribution in [0, 0.1) is 0 Å². The van der Waals surface area contributed by atoms with Crippen LogP contribution in [-0.2, 0) is 4.74 Å². The van der Waals surface area contributed by atoms with E-state index in [0.717, 1.165) is 15.1 Å². The number of hydrogen-bond acceptors (Lipinski definition) is 6. The zero-order valence-corrected chi connectivity index (χ0v) is 11.9. The quantitative estimate of drug-likeness (QED) is 0.915. The fourth-order valence-corrected chi connectivity index (χ4v) is 3.24. The molecule has 1 fully saturated rings. The molecule has 0 spiro atoms. The first-order valence-electron chi connectivity index (χ1n) is 5.66. The third-order valence-electron chi connectivity index (χ3n) is 2.96. The highest BCUT2D eigenvalue weighted by Crippen LogP contribution is 2.31. The zero-order valence-electron chi connectivity index (χ0n) is 9.51. The van der Waals surface area contributed by atoms with Crippen molar-refractivity contribution in [1.29, 1.82) is 0 Å². The average molecular weight is 330 g/mol. The predicted octanol–water partition coefficient (Wildman–Crippen LogP) is 2.39. The van der Waals surface area contributed by atoms with Crippen molar-refractivity contribution in [1.82, 2.24) is 10.1 Å². The summed E-state index contributed by atoms with van der Waals surface area (Å²) >= 11 is 4.99. The van der Waals surface area contributed by atoms with Crippen molar-refractivity contribution in [3.05, 3.63) is 21.8 Å². The minimum Gasteiger partial charge on any atom is -0.381 e. The molecule has 0 bridgehead atoms. The van der Waals surface area contributed by atoms with Crippen molar-refractivity contribution < 1.29 is 9.26 Å². The van der Waals surface area contributed by atoms with Crippen LogP contribution in [0.15, 0.2) is 20.4 Å². The Morgan fingerprint density at radius 3 is 3.06 bits per heavy atom. The molecular formula is C11H12BrN3O2S. The van der Waals surface area contributed by atoms with Gasteiger partial charge >= 0.3 is 0 Å². The molecule has 0 aliphatic carbocycles. The summed E-state index contributed by atoms with van der Waals surface area (Å²) in [5.74, 6) is 1.18. The first kappa shape index (κ1) is 12.3. The highest BCUT2D eigenvalue weighted by Gasteiger charge is 2.29. The second-order valence-electron chi connectivity index (χ2n) is 4.19. The number of rotatable bonds is 2. The van der Waals surface area contributed by atoms with Gasteiger partial charge in [0.15, 0.2) is 0 Å². The molecule has 1 saturated heterocycles. The summed E-state index contributed by atoms with van der Waals surface area (Å²) in [5, 5.41) is 4.00. The fourth-order valence-electron chi connectivity index (χ4n) is 1.93. The van der Waals surface area contributed by atoms with Crippen LogP contribution in [0.4, 0.5) is 0 Å². The van der Waals surface area contributed by atoms with Crippen LogP contribution in [0.2, 0.25) is 0 Å². The molecule has 5 nitrogen and oxygen atoms in total. The molecule has 2 aromatic rings. The van der Waals surface area contributed by atoms with E-state index in [1.807, 2.05) is 12.1 Å². The summed E-state index contributed by atoms with van der Waals surface area (Å²) in [5.41, 5.74) is 6.05. The van der Waals surface area contributed by atoms with Crippen molar-refractivity contribution in [3.63, 3.8) is 0 Å². The van der Waals surface area contributed by atoms with Gasteiger partial charge in [0.25, 0.3) is 0 Å². The molecule has 0 saturated carbocycles. The number of halogens is 1. The lowest BCUT2D eigenvalue weighted by Gasteiger charge is -2.25. The number of nitrogens with two attached hydrogens (primary N) is 1. The molecule has 2 unspecified atom stereocenters. The zero-order chi connectivity index (χ0) is 12.5. The Bertz CT molecular complexity index is 542. The predicted molar refractivity (Wildman–Crippen MR) is 71.5 cm³/mol. The lowest BCUT2D eigenvalue weighted by Crippen LogP contribution is -2.37. The summed E-state index contributed by atoms with van der Waals surface area (Å²) in [7, 11) is 0. The van der Waals surface area contributed by atoms with Crippen LogP contribution in [0.1, 0.15) is 18.2 Å². The van der Waals surface area contributed by atoms with E-state index in [9.17, 15) is 0 Å². The monoisotopic (exact) mass is 329 g/mol. The average Bonchev–Trinajstić information content (AvgIpc) is 2.98. The largest absolute Gasteiger partial charge is 0.381 e. The number of nitrogens with zero attached hydrogens (tertiary/aromatic N) is 2. The maximum atomic E-state index is 6.05. The van der Waals surface area contributed by atoms with Gasteiger partial charge < -0.3 is 15.0 Å². The smallest absolute Gasteiger partial charge is 0.234 e. The van der Waals surface area contributed by atoms with E-state index in [1.54, 1.807) is 11.3 Å². The molecule has 7 heteroatoms. The van der Waals surface area contributed by atoms with E-state index >= 15 is 0 Å². The van der Waals surface area contributed by atoms with Crippen LogP contribution >= 0.6 is 27.3 Å². The van der Waals surface area contributed by atoms with Crippen molar-refractivity contribution in [3.8, 4) is 10.7 Å². The Morgan fingerprint density at radius 1 is 1.44 bits per heavy atom. The molecule has 2 N–H and O–H groups in total. The van der Waals surface area contributed by atoms with Gasteiger partial charge in [-0.3, -0.25) is 0 Å². The fraction of sp³-hybridized carbons (Fsp3) is 0.455. The van der Waals surface area contributed by atoms with Gasteiger partial charge in [0.2, 0.25) is 11.7 Å². The number of hydrogen-bond donors (Lipinski definition) is 1. The van der Waals surface area contributed by atoms with E-state index in [1.165, 1.54) is 0 Å². The normalized spacial score (nSPS) is 24.3. The van der Waals surface area contributed by atoms with Crippen LogP contribution in [0.5, 0.6) is 0 Å². The summed E-state index contributed by atoms with van der Waals surface area (Å²) in [6.07, 6.45) is 0.826. The molecular weight excluding hydrogens is 318 g/mol. The van der Waals surface area contributed by atoms with Gasteiger partial charge in [-0.25, -0.2) is 0 Å². The van der Waals surface area contributed by atoms with E-state index in [2.05, 4.69) is 26.1 Å². The van der Waals surface area contributed by atoms with E-state index in [-0.39, 0.29) is 12.0 Å². The summed E-state index contributed by atoms with van der Waals surface area (Å²) in [4.78, 5) is 5.39. The van der Waals surface area contributed by atoms with Gasteiger partial charge in [-0.2, -0.15) is 4.98 Å². The van der Waals surface area contributed by atoms with E-state index in [0.29, 0.717) is 24.9 Å². The molecule has 18 heavy (non-hydrogen) atoms. The number of thiophene rings is 1. The highest BCUT2D eigenvalue weighted by atomic mass is 79.9. The standard InChI is InChI=1S/C11H12BrN3O2S/c12-9-2-1-8(18-9)10-14-11(17-15-10)6-5-16-4-3-7(6)13/h1-2,6-7H,3-5,13H2. The summed E-state index contributed by atoms with van der Waals surface area (Å²) in [6.45, 7) is 1.26. The third-order valence-corrected chi connectivity index (χ3v) is 4.58. The van der Waals surface area contributed by atoms with Crippen molar-refractivity contribution in [2.45, 2.75) is 18.4 Å². The molecule has 3 heterocycles. The van der Waals surface area contributed by atoms with Crippen molar-refractivity contribution in [2.24, 2.45) is 5.73 Å². The lowest BCUT2D eigenvalue weighted by molar-refractivity contribution is 0.0590. The minimum absolute atomic E-state index is 0.00315. The minimum atomic E-state index is 0.00315. The SMILES string of the molecule is NC1CCOCC1c1nc(-c2ccc(Br)s2)no1. The molecule has 0 aromatic carbocycles. The molecule has 1 aliphatic rings. The molecule has 3 rings (SSSR count). The molecule has 2 atom stereocenters. The highest BCUT2D eigenvalue weighted by molar-refractivity contribution is 9.11. The Balaban J connectivity index is 1.84. The molecule has 0 radical (unpaired) electrons.